The summed E-state index contributed by atoms with van der Waals surface area (Å²) in [6, 6.07) is 6.82. The molecule has 142 valence electrons. The molecule has 1 N–H and O–H groups in total. The number of hydrogen-bond acceptors (Lipinski definition) is 3. The Morgan fingerprint density at radius 2 is 2.15 bits per heavy atom. The fraction of sp³-hybridized carbons (Fsp3) is 0.524. The first kappa shape index (κ1) is 16.9. The Balaban J connectivity index is 1.40. The molecular weight excluding hydrogens is 343 g/mol. The van der Waals surface area contributed by atoms with Crippen LogP contribution in [0.15, 0.2) is 36.7 Å². The van der Waals surface area contributed by atoms with Crippen molar-refractivity contribution in [1.82, 2.24) is 19.8 Å². The summed E-state index contributed by atoms with van der Waals surface area (Å²) < 4.78 is 13.9. The summed E-state index contributed by atoms with van der Waals surface area (Å²) in [5.41, 5.74) is 0.940. The molecule has 1 aromatic heterocycles. The van der Waals surface area contributed by atoms with Crippen LogP contribution in [-0.2, 0) is 11.3 Å². The fourth-order valence-electron chi connectivity index (χ4n) is 5.10. The topological polar surface area (TPSA) is 52.2 Å². The van der Waals surface area contributed by atoms with Gasteiger partial charge in [-0.2, -0.15) is 0 Å². The molecule has 0 unspecified atom stereocenters. The maximum absolute atomic E-state index is 13.9. The van der Waals surface area contributed by atoms with Crippen LogP contribution in [0.3, 0.4) is 0 Å². The van der Waals surface area contributed by atoms with Gasteiger partial charge in [0.1, 0.15) is 11.6 Å². The number of hydrogen-bond donors (Lipinski definition) is 1. The number of likely N-dealkylation sites (tertiary alicyclic amines) is 2. The highest BCUT2D eigenvalue weighted by Crippen LogP contribution is 2.47. The van der Waals surface area contributed by atoms with Crippen LogP contribution in [0.1, 0.15) is 36.7 Å². The van der Waals surface area contributed by atoms with Crippen molar-refractivity contribution >= 4 is 5.91 Å². The molecule has 3 aliphatic rings. The maximum atomic E-state index is 13.9. The number of imidazole rings is 1. The molecule has 5 rings (SSSR count). The molecule has 2 aliphatic heterocycles. The van der Waals surface area contributed by atoms with E-state index >= 15 is 0 Å². The SMILES string of the molecule is O=C(C1CCC1)N1C[C@@H]2CN(Cc3ncc[nH]3)C[C@@H]2[C@H]1c1cccc(F)c1. The molecule has 2 saturated heterocycles. The highest BCUT2D eigenvalue weighted by molar-refractivity contribution is 5.80. The van der Waals surface area contributed by atoms with Crippen molar-refractivity contribution in [3.05, 3.63) is 53.9 Å². The third-order valence-electron chi connectivity index (χ3n) is 6.60. The van der Waals surface area contributed by atoms with Crippen molar-refractivity contribution in [2.75, 3.05) is 19.6 Å². The summed E-state index contributed by atoms with van der Waals surface area (Å²) in [7, 11) is 0. The van der Waals surface area contributed by atoms with Crippen molar-refractivity contribution in [2.45, 2.75) is 31.8 Å². The molecule has 1 saturated carbocycles. The molecule has 1 aromatic carbocycles. The number of nitrogens with zero attached hydrogens (tertiary/aromatic N) is 3. The molecule has 27 heavy (non-hydrogen) atoms. The number of aromatic amines is 1. The van der Waals surface area contributed by atoms with Gasteiger partial charge in [-0.3, -0.25) is 9.69 Å². The summed E-state index contributed by atoms with van der Waals surface area (Å²) in [4.78, 5) is 25.1. The minimum atomic E-state index is -0.225. The number of fused-ring (bicyclic) bond motifs is 1. The van der Waals surface area contributed by atoms with E-state index in [1.807, 2.05) is 12.3 Å². The first-order valence-electron chi connectivity index (χ1n) is 9.95. The van der Waals surface area contributed by atoms with Crippen LogP contribution in [0.4, 0.5) is 4.39 Å². The van der Waals surface area contributed by atoms with Gasteiger partial charge in [-0.1, -0.05) is 18.6 Å². The van der Waals surface area contributed by atoms with Crippen molar-refractivity contribution in [3.8, 4) is 0 Å². The van der Waals surface area contributed by atoms with E-state index in [-0.39, 0.29) is 23.7 Å². The molecule has 0 radical (unpaired) electrons. The van der Waals surface area contributed by atoms with Gasteiger partial charge in [0.25, 0.3) is 0 Å². The summed E-state index contributed by atoms with van der Waals surface area (Å²) in [6.45, 7) is 3.47. The lowest BCUT2D eigenvalue weighted by Gasteiger charge is -2.35. The average Bonchev–Trinajstić information content (AvgIpc) is 3.29. The second kappa shape index (κ2) is 6.75. The van der Waals surface area contributed by atoms with Gasteiger partial charge >= 0.3 is 0 Å². The first-order valence-corrected chi connectivity index (χ1v) is 9.95. The highest BCUT2D eigenvalue weighted by atomic mass is 19.1. The molecule has 1 amide bonds. The Kier molecular flexibility index (Phi) is 4.23. The number of rotatable bonds is 4. The van der Waals surface area contributed by atoms with E-state index in [1.165, 1.54) is 6.07 Å². The Bertz CT molecular complexity index is 819. The standard InChI is InChI=1S/C21H25FN4O/c22-17-6-2-5-15(9-17)20-18-12-25(13-19-23-7-8-24-19)10-16(18)11-26(20)21(27)14-3-1-4-14/h2,5-9,14,16,18,20H,1,3-4,10-13H2,(H,23,24)/t16-,18-,20+/m0/s1. The molecule has 3 heterocycles. The van der Waals surface area contributed by atoms with Crippen LogP contribution >= 0.6 is 0 Å². The number of carbonyl (C=O) groups excluding carboxylic acids is 1. The van der Waals surface area contributed by atoms with Crippen molar-refractivity contribution < 1.29 is 9.18 Å². The molecule has 3 fully saturated rings. The van der Waals surface area contributed by atoms with E-state index in [9.17, 15) is 9.18 Å². The summed E-state index contributed by atoms with van der Waals surface area (Å²) in [5, 5.41) is 0. The van der Waals surface area contributed by atoms with Crippen LogP contribution < -0.4 is 0 Å². The van der Waals surface area contributed by atoms with Gasteiger partial charge in [0.05, 0.1) is 12.6 Å². The van der Waals surface area contributed by atoms with Crippen LogP contribution in [0.25, 0.3) is 0 Å². The second-order valence-corrected chi connectivity index (χ2v) is 8.27. The van der Waals surface area contributed by atoms with Crippen LogP contribution in [0.5, 0.6) is 0 Å². The average molecular weight is 368 g/mol. The van der Waals surface area contributed by atoms with Gasteiger partial charge in [-0.25, -0.2) is 9.37 Å². The fourth-order valence-corrected chi connectivity index (χ4v) is 5.10. The Morgan fingerprint density at radius 3 is 2.85 bits per heavy atom. The normalized spacial score (nSPS) is 28.3. The first-order chi connectivity index (χ1) is 13.2. The number of aromatic nitrogens is 2. The number of H-pyrrole nitrogens is 1. The van der Waals surface area contributed by atoms with Crippen LogP contribution in [0, 0.1) is 23.6 Å². The molecule has 0 bridgehead atoms. The van der Waals surface area contributed by atoms with Gasteiger partial charge < -0.3 is 9.88 Å². The molecule has 6 heteroatoms. The van der Waals surface area contributed by atoms with E-state index in [1.54, 1.807) is 18.3 Å². The Morgan fingerprint density at radius 1 is 1.26 bits per heavy atom. The maximum Gasteiger partial charge on any atom is 0.226 e. The van der Waals surface area contributed by atoms with E-state index < -0.39 is 0 Å². The van der Waals surface area contributed by atoms with E-state index in [4.69, 9.17) is 0 Å². The molecular formula is C21H25FN4O. The Labute approximate surface area is 158 Å². The minimum Gasteiger partial charge on any atom is -0.348 e. The van der Waals surface area contributed by atoms with Crippen molar-refractivity contribution in [3.63, 3.8) is 0 Å². The number of nitrogens with one attached hydrogen (secondary N) is 1. The van der Waals surface area contributed by atoms with Gasteiger partial charge in [-0.05, 0) is 36.5 Å². The zero-order valence-electron chi connectivity index (χ0n) is 15.4. The van der Waals surface area contributed by atoms with Gasteiger partial charge in [0.2, 0.25) is 5.91 Å². The smallest absolute Gasteiger partial charge is 0.226 e. The molecule has 2 aromatic rings. The van der Waals surface area contributed by atoms with E-state index in [0.29, 0.717) is 11.8 Å². The van der Waals surface area contributed by atoms with Crippen molar-refractivity contribution in [2.24, 2.45) is 17.8 Å². The lowest BCUT2D eigenvalue weighted by Crippen LogP contribution is -2.41. The zero-order valence-corrected chi connectivity index (χ0v) is 15.4. The number of carbonyl (C=O) groups is 1. The predicted octanol–water partition coefficient (Wildman–Crippen LogP) is 2.98. The van der Waals surface area contributed by atoms with Gasteiger partial charge in [0, 0.05) is 43.9 Å². The van der Waals surface area contributed by atoms with Crippen LogP contribution in [0.2, 0.25) is 0 Å². The summed E-state index contributed by atoms with van der Waals surface area (Å²) >= 11 is 0. The van der Waals surface area contributed by atoms with Crippen LogP contribution in [-0.4, -0.2) is 45.3 Å². The molecule has 1 aliphatic carbocycles. The third-order valence-corrected chi connectivity index (χ3v) is 6.60. The van der Waals surface area contributed by atoms with E-state index in [2.05, 4.69) is 19.8 Å². The van der Waals surface area contributed by atoms with Gasteiger partial charge in [-0.15, -0.1) is 0 Å². The number of benzene rings is 1. The molecule has 3 atom stereocenters. The summed E-state index contributed by atoms with van der Waals surface area (Å²) in [6.07, 6.45) is 6.79. The largest absolute Gasteiger partial charge is 0.348 e. The van der Waals surface area contributed by atoms with Crippen molar-refractivity contribution in [1.29, 1.82) is 0 Å². The quantitative estimate of drug-likeness (QED) is 0.903. The zero-order chi connectivity index (χ0) is 18.4. The number of halogens is 1. The molecule has 0 spiro atoms. The second-order valence-electron chi connectivity index (χ2n) is 8.27. The van der Waals surface area contributed by atoms with E-state index in [0.717, 1.165) is 56.8 Å². The monoisotopic (exact) mass is 368 g/mol. The molecule has 5 nitrogen and oxygen atoms in total. The lowest BCUT2D eigenvalue weighted by molar-refractivity contribution is -0.139. The summed E-state index contributed by atoms with van der Waals surface area (Å²) in [5.74, 6) is 2.00. The lowest BCUT2D eigenvalue weighted by atomic mass is 9.83. The van der Waals surface area contributed by atoms with Gasteiger partial charge in [0.15, 0.2) is 0 Å². The predicted molar refractivity (Wildman–Crippen MR) is 99.0 cm³/mol. The third kappa shape index (κ3) is 3.06. The minimum absolute atomic E-state index is 0.0135. The number of amides is 1. The Hall–Kier alpha value is -2.21. The highest BCUT2D eigenvalue weighted by Gasteiger charge is 2.50.